The molecule has 0 aliphatic carbocycles. The lowest BCUT2D eigenvalue weighted by Crippen LogP contribution is -2.51. The fourth-order valence-electron chi connectivity index (χ4n) is 3.19. The van der Waals surface area contributed by atoms with E-state index in [0.717, 1.165) is 18.4 Å². The van der Waals surface area contributed by atoms with Crippen molar-refractivity contribution in [3.63, 3.8) is 0 Å². The highest BCUT2D eigenvalue weighted by Crippen LogP contribution is 2.30. The molecule has 96 valence electrons. The van der Waals surface area contributed by atoms with E-state index in [1.54, 1.807) is 0 Å². The maximum absolute atomic E-state index is 6.01. The van der Waals surface area contributed by atoms with Crippen molar-refractivity contribution in [3.8, 4) is 0 Å². The Morgan fingerprint density at radius 3 is 2.62 bits per heavy atom. The molecular weight excluding hydrogens is 196 g/mol. The van der Waals surface area contributed by atoms with Gasteiger partial charge in [0.25, 0.3) is 0 Å². The van der Waals surface area contributed by atoms with Crippen LogP contribution < -0.4 is 5.73 Å². The van der Waals surface area contributed by atoms with Gasteiger partial charge in [0.15, 0.2) is 0 Å². The Hall–Kier alpha value is -0.0800. The third kappa shape index (κ3) is 3.46. The number of rotatable bonds is 6. The normalized spacial score (nSPS) is 26.2. The highest BCUT2D eigenvalue weighted by atomic mass is 15.2. The van der Waals surface area contributed by atoms with Gasteiger partial charge in [0.1, 0.15) is 0 Å². The zero-order valence-corrected chi connectivity index (χ0v) is 11.6. The van der Waals surface area contributed by atoms with Crippen LogP contribution in [0.25, 0.3) is 0 Å². The summed E-state index contributed by atoms with van der Waals surface area (Å²) in [4.78, 5) is 2.65. The topological polar surface area (TPSA) is 29.3 Å². The van der Waals surface area contributed by atoms with E-state index >= 15 is 0 Å². The molecule has 0 saturated carbocycles. The van der Waals surface area contributed by atoms with Gasteiger partial charge in [-0.2, -0.15) is 0 Å². The molecule has 2 unspecified atom stereocenters. The van der Waals surface area contributed by atoms with Gasteiger partial charge >= 0.3 is 0 Å². The summed E-state index contributed by atoms with van der Waals surface area (Å²) in [6.07, 6.45) is 5.31. The standard InChI is InChI=1S/C14H30N2/c1-5-6-13-7-8-16(10-13)14(4,11-15)9-12(2)3/h12-13H,5-11,15H2,1-4H3. The number of nitrogens with two attached hydrogens (primary N) is 1. The van der Waals surface area contributed by atoms with E-state index in [0.29, 0.717) is 0 Å². The first-order valence-electron chi connectivity index (χ1n) is 6.97. The van der Waals surface area contributed by atoms with Crippen LogP contribution in [0.2, 0.25) is 0 Å². The van der Waals surface area contributed by atoms with Crippen LogP contribution in [0.3, 0.4) is 0 Å². The van der Waals surface area contributed by atoms with E-state index in [9.17, 15) is 0 Å². The largest absolute Gasteiger partial charge is 0.329 e. The number of likely N-dealkylation sites (tertiary alicyclic amines) is 1. The lowest BCUT2D eigenvalue weighted by molar-refractivity contribution is 0.112. The van der Waals surface area contributed by atoms with Gasteiger partial charge in [-0.05, 0) is 44.6 Å². The summed E-state index contributed by atoms with van der Waals surface area (Å²) < 4.78 is 0. The van der Waals surface area contributed by atoms with Crippen molar-refractivity contribution < 1.29 is 0 Å². The van der Waals surface area contributed by atoms with Crippen molar-refractivity contribution >= 4 is 0 Å². The minimum absolute atomic E-state index is 0.233. The monoisotopic (exact) mass is 226 g/mol. The minimum atomic E-state index is 0.233. The van der Waals surface area contributed by atoms with Crippen molar-refractivity contribution in [2.75, 3.05) is 19.6 Å². The fourth-order valence-corrected chi connectivity index (χ4v) is 3.19. The summed E-state index contributed by atoms with van der Waals surface area (Å²) in [5.74, 6) is 1.65. The van der Waals surface area contributed by atoms with Crippen molar-refractivity contribution in [2.24, 2.45) is 17.6 Å². The molecule has 0 aromatic carbocycles. The molecule has 1 aliphatic rings. The van der Waals surface area contributed by atoms with Gasteiger partial charge < -0.3 is 5.73 Å². The van der Waals surface area contributed by atoms with Crippen LogP contribution in [0, 0.1) is 11.8 Å². The maximum Gasteiger partial charge on any atom is 0.0306 e. The van der Waals surface area contributed by atoms with E-state index in [1.807, 2.05) is 0 Å². The smallest absolute Gasteiger partial charge is 0.0306 e. The van der Waals surface area contributed by atoms with Gasteiger partial charge in [-0.15, -0.1) is 0 Å². The zero-order valence-electron chi connectivity index (χ0n) is 11.6. The molecular formula is C14H30N2. The summed E-state index contributed by atoms with van der Waals surface area (Å²) in [6, 6.07) is 0. The molecule has 0 bridgehead atoms. The van der Waals surface area contributed by atoms with Crippen LogP contribution in [-0.4, -0.2) is 30.1 Å². The third-order valence-electron chi connectivity index (χ3n) is 4.03. The van der Waals surface area contributed by atoms with Gasteiger partial charge in [0.05, 0.1) is 0 Å². The molecule has 1 saturated heterocycles. The summed E-state index contributed by atoms with van der Waals surface area (Å²) in [7, 11) is 0. The Labute approximate surface area is 102 Å². The Kier molecular flexibility index (Phi) is 5.26. The average molecular weight is 226 g/mol. The average Bonchev–Trinajstić information content (AvgIpc) is 2.66. The predicted octanol–water partition coefficient (Wildman–Crippen LogP) is 2.87. The molecule has 0 radical (unpaired) electrons. The van der Waals surface area contributed by atoms with Gasteiger partial charge in [-0.25, -0.2) is 0 Å². The van der Waals surface area contributed by atoms with Gasteiger partial charge in [-0.1, -0.05) is 27.2 Å². The van der Waals surface area contributed by atoms with Gasteiger partial charge in [0.2, 0.25) is 0 Å². The van der Waals surface area contributed by atoms with E-state index in [-0.39, 0.29) is 5.54 Å². The Morgan fingerprint density at radius 2 is 2.12 bits per heavy atom. The first kappa shape index (κ1) is 14.0. The second-order valence-corrected chi connectivity index (χ2v) is 6.19. The molecule has 2 N–H and O–H groups in total. The van der Waals surface area contributed by atoms with Crippen molar-refractivity contribution in [1.82, 2.24) is 4.90 Å². The summed E-state index contributed by atoms with van der Waals surface area (Å²) in [5.41, 5.74) is 6.25. The SMILES string of the molecule is CCCC1CCN(C(C)(CN)CC(C)C)C1. The van der Waals surface area contributed by atoms with E-state index in [4.69, 9.17) is 5.73 Å². The predicted molar refractivity (Wildman–Crippen MR) is 71.5 cm³/mol. The molecule has 0 aromatic rings. The number of hydrogen-bond donors (Lipinski definition) is 1. The fraction of sp³-hybridized carbons (Fsp3) is 1.00. The molecule has 1 aliphatic heterocycles. The quantitative estimate of drug-likeness (QED) is 0.754. The lowest BCUT2D eigenvalue weighted by atomic mass is 9.89. The van der Waals surface area contributed by atoms with E-state index in [1.165, 1.54) is 38.8 Å². The summed E-state index contributed by atoms with van der Waals surface area (Å²) in [5, 5.41) is 0. The Morgan fingerprint density at radius 1 is 1.44 bits per heavy atom. The van der Waals surface area contributed by atoms with Crippen molar-refractivity contribution in [3.05, 3.63) is 0 Å². The van der Waals surface area contributed by atoms with Crippen LogP contribution >= 0.6 is 0 Å². The molecule has 16 heavy (non-hydrogen) atoms. The van der Waals surface area contributed by atoms with Crippen LogP contribution in [0.15, 0.2) is 0 Å². The van der Waals surface area contributed by atoms with Gasteiger partial charge in [0, 0.05) is 18.6 Å². The number of nitrogens with zero attached hydrogens (tertiary/aromatic N) is 1. The van der Waals surface area contributed by atoms with Crippen LogP contribution in [0.5, 0.6) is 0 Å². The number of hydrogen-bond acceptors (Lipinski definition) is 2. The molecule has 0 amide bonds. The van der Waals surface area contributed by atoms with E-state index < -0.39 is 0 Å². The second kappa shape index (κ2) is 6.02. The van der Waals surface area contributed by atoms with Gasteiger partial charge in [-0.3, -0.25) is 4.90 Å². The molecule has 1 rings (SSSR count). The molecule has 0 aromatic heterocycles. The molecule has 2 heteroatoms. The highest BCUT2D eigenvalue weighted by molar-refractivity contribution is 4.92. The third-order valence-corrected chi connectivity index (χ3v) is 4.03. The first-order chi connectivity index (χ1) is 7.51. The highest BCUT2D eigenvalue weighted by Gasteiger charge is 2.35. The van der Waals surface area contributed by atoms with E-state index in [2.05, 4.69) is 32.6 Å². The molecule has 1 fully saturated rings. The molecule has 1 heterocycles. The molecule has 2 atom stereocenters. The summed E-state index contributed by atoms with van der Waals surface area (Å²) in [6.45, 7) is 12.6. The molecule has 0 spiro atoms. The summed E-state index contributed by atoms with van der Waals surface area (Å²) >= 11 is 0. The van der Waals surface area contributed by atoms with Crippen LogP contribution in [-0.2, 0) is 0 Å². The van der Waals surface area contributed by atoms with Crippen molar-refractivity contribution in [2.45, 2.75) is 58.9 Å². The minimum Gasteiger partial charge on any atom is -0.329 e. The maximum atomic E-state index is 6.01. The lowest BCUT2D eigenvalue weighted by Gasteiger charge is -2.39. The first-order valence-corrected chi connectivity index (χ1v) is 6.97. The Balaban J connectivity index is 2.54. The van der Waals surface area contributed by atoms with Crippen molar-refractivity contribution in [1.29, 1.82) is 0 Å². The van der Waals surface area contributed by atoms with Crippen LogP contribution in [0.1, 0.15) is 53.4 Å². The Bertz CT molecular complexity index is 203. The molecule has 2 nitrogen and oxygen atoms in total. The second-order valence-electron chi connectivity index (χ2n) is 6.19. The van der Waals surface area contributed by atoms with Crippen LogP contribution in [0.4, 0.5) is 0 Å². The zero-order chi connectivity index (χ0) is 12.2.